The number of aryl methyl sites for hydroxylation is 1. The van der Waals surface area contributed by atoms with E-state index in [9.17, 15) is 0 Å². The molecule has 2 heterocycles. The van der Waals surface area contributed by atoms with E-state index in [1.54, 1.807) is 11.3 Å². The summed E-state index contributed by atoms with van der Waals surface area (Å²) in [6.07, 6.45) is 1.85. The molecule has 0 aliphatic rings. The molecule has 0 saturated heterocycles. The summed E-state index contributed by atoms with van der Waals surface area (Å²) in [5.41, 5.74) is 2.34. The lowest BCUT2D eigenvalue weighted by Crippen LogP contribution is -2.18. The van der Waals surface area contributed by atoms with E-state index in [4.69, 9.17) is 4.42 Å². The van der Waals surface area contributed by atoms with Gasteiger partial charge in [0.25, 0.3) is 0 Å². The third-order valence-corrected chi connectivity index (χ3v) is 3.94. The van der Waals surface area contributed by atoms with Gasteiger partial charge in [-0.15, -0.1) is 11.3 Å². The van der Waals surface area contributed by atoms with Gasteiger partial charge in [0.15, 0.2) is 0 Å². The number of furan rings is 1. The van der Waals surface area contributed by atoms with Crippen molar-refractivity contribution in [1.29, 1.82) is 0 Å². The molecule has 4 nitrogen and oxygen atoms in total. The van der Waals surface area contributed by atoms with Crippen molar-refractivity contribution in [1.82, 2.24) is 15.2 Å². The maximum absolute atomic E-state index is 5.64. The second-order valence-electron chi connectivity index (χ2n) is 5.98. The minimum atomic E-state index is 0.670. The largest absolute Gasteiger partial charge is 0.468 e. The fourth-order valence-corrected chi connectivity index (χ4v) is 2.79. The minimum Gasteiger partial charge on any atom is -0.468 e. The van der Waals surface area contributed by atoms with E-state index >= 15 is 0 Å². The predicted octanol–water partition coefficient (Wildman–Crippen LogP) is 3.42. The number of nitrogens with one attached hydrogen (secondary N) is 1. The zero-order chi connectivity index (χ0) is 15.2. The molecule has 2 aromatic heterocycles. The van der Waals surface area contributed by atoms with Crippen LogP contribution in [0, 0.1) is 12.8 Å². The fraction of sp³-hybridized carbons (Fsp3) is 0.562. The molecule has 0 aliphatic heterocycles. The van der Waals surface area contributed by atoms with Gasteiger partial charge < -0.3 is 9.73 Å². The first-order chi connectivity index (χ1) is 10.0. The summed E-state index contributed by atoms with van der Waals surface area (Å²) < 4.78 is 5.64. The summed E-state index contributed by atoms with van der Waals surface area (Å²) in [6.45, 7) is 10.0. The van der Waals surface area contributed by atoms with Crippen molar-refractivity contribution in [3.05, 3.63) is 39.7 Å². The van der Waals surface area contributed by atoms with Crippen LogP contribution < -0.4 is 5.32 Å². The molecule has 0 atom stereocenters. The molecule has 1 N–H and O–H groups in total. The van der Waals surface area contributed by atoms with Gasteiger partial charge in [-0.05, 0) is 32.5 Å². The average Bonchev–Trinajstić information content (AvgIpc) is 2.98. The molecular weight excluding hydrogens is 282 g/mol. The van der Waals surface area contributed by atoms with Crippen LogP contribution >= 0.6 is 11.3 Å². The molecule has 2 rings (SSSR count). The molecule has 0 radical (unpaired) electrons. The van der Waals surface area contributed by atoms with Crippen LogP contribution in [0.2, 0.25) is 0 Å². The highest BCUT2D eigenvalue weighted by Crippen LogP contribution is 2.13. The second kappa shape index (κ2) is 7.73. The number of rotatable bonds is 8. The molecule has 0 unspecified atom stereocenters. The normalized spacial score (nSPS) is 11.7. The van der Waals surface area contributed by atoms with Gasteiger partial charge in [0.05, 0.1) is 23.5 Å². The van der Waals surface area contributed by atoms with E-state index in [1.165, 1.54) is 5.56 Å². The van der Waals surface area contributed by atoms with Gasteiger partial charge in [-0.3, -0.25) is 4.90 Å². The quantitative estimate of drug-likeness (QED) is 0.811. The zero-order valence-corrected chi connectivity index (χ0v) is 14.2. The van der Waals surface area contributed by atoms with Crippen LogP contribution in [0.1, 0.15) is 35.9 Å². The standard InChI is InChI=1S/C16H25N3OS/c1-12(2)6-17-7-14-5-16(20-10-14)9-19(4)8-15-11-21-13(3)18-15/h5,10-12,17H,6-9H2,1-4H3. The Balaban J connectivity index is 1.78. The van der Waals surface area contributed by atoms with Crippen molar-refractivity contribution in [2.75, 3.05) is 13.6 Å². The number of hydrogen-bond donors (Lipinski definition) is 1. The average molecular weight is 307 g/mol. The van der Waals surface area contributed by atoms with Gasteiger partial charge in [-0.2, -0.15) is 0 Å². The van der Waals surface area contributed by atoms with Gasteiger partial charge >= 0.3 is 0 Å². The predicted molar refractivity (Wildman–Crippen MR) is 87.3 cm³/mol. The lowest BCUT2D eigenvalue weighted by Gasteiger charge is -2.13. The van der Waals surface area contributed by atoms with Crippen LogP contribution in [0.25, 0.3) is 0 Å². The summed E-state index contributed by atoms with van der Waals surface area (Å²) in [6, 6.07) is 2.14. The van der Waals surface area contributed by atoms with Crippen molar-refractivity contribution in [2.24, 2.45) is 5.92 Å². The van der Waals surface area contributed by atoms with Crippen molar-refractivity contribution in [3.8, 4) is 0 Å². The summed E-state index contributed by atoms with van der Waals surface area (Å²) in [7, 11) is 2.09. The molecule has 0 amide bonds. The SMILES string of the molecule is Cc1nc(CN(C)Cc2cc(CNCC(C)C)co2)cs1. The smallest absolute Gasteiger partial charge is 0.118 e. The van der Waals surface area contributed by atoms with Crippen molar-refractivity contribution >= 4 is 11.3 Å². The highest BCUT2D eigenvalue weighted by Gasteiger charge is 2.08. The van der Waals surface area contributed by atoms with Crippen LogP contribution in [-0.2, 0) is 19.6 Å². The Kier molecular flexibility index (Phi) is 5.96. The van der Waals surface area contributed by atoms with Gasteiger partial charge in [0.1, 0.15) is 5.76 Å². The molecule has 21 heavy (non-hydrogen) atoms. The van der Waals surface area contributed by atoms with Crippen LogP contribution in [0.3, 0.4) is 0 Å². The van der Waals surface area contributed by atoms with Gasteiger partial charge in [0, 0.05) is 24.0 Å². The summed E-state index contributed by atoms with van der Waals surface area (Å²) in [4.78, 5) is 6.71. The van der Waals surface area contributed by atoms with E-state index in [2.05, 4.69) is 47.5 Å². The monoisotopic (exact) mass is 307 g/mol. The first-order valence-corrected chi connectivity index (χ1v) is 8.27. The van der Waals surface area contributed by atoms with Crippen molar-refractivity contribution in [3.63, 3.8) is 0 Å². The Labute approximate surface area is 131 Å². The maximum Gasteiger partial charge on any atom is 0.118 e. The number of aromatic nitrogens is 1. The molecule has 0 spiro atoms. The first-order valence-electron chi connectivity index (χ1n) is 7.39. The highest BCUT2D eigenvalue weighted by atomic mass is 32.1. The Morgan fingerprint density at radius 2 is 2.19 bits per heavy atom. The highest BCUT2D eigenvalue weighted by molar-refractivity contribution is 7.09. The topological polar surface area (TPSA) is 41.3 Å². The van der Waals surface area contributed by atoms with Crippen LogP contribution in [0.5, 0.6) is 0 Å². The third kappa shape index (κ3) is 5.61. The Bertz CT molecular complexity index is 547. The molecule has 0 bridgehead atoms. The van der Waals surface area contributed by atoms with E-state index < -0.39 is 0 Å². The Morgan fingerprint density at radius 3 is 2.86 bits per heavy atom. The number of thiazole rings is 1. The van der Waals surface area contributed by atoms with E-state index in [0.29, 0.717) is 5.92 Å². The van der Waals surface area contributed by atoms with E-state index in [1.807, 2.05) is 13.2 Å². The molecule has 0 aromatic carbocycles. The maximum atomic E-state index is 5.64. The lowest BCUT2D eigenvalue weighted by atomic mass is 10.2. The lowest BCUT2D eigenvalue weighted by molar-refractivity contribution is 0.285. The number of hydrogen-bond acceptors (Lipinski definition) is 5. The van der Waals surface area contributed by atoms with Crippen LogP contribution in [0.15, 0.2) is 22.1 Å². The first kappa shape index (κ1) is 16.2. The summed E-state index contributed by atoms with van der Waals surface area (Å²) in [5.74, 6) is 1.68. The molecule has 0 saturated carbocycles. The number of nitrogens with zero attached hydrogens (tertiary/aromatic N) is 2. The zero-order valence-electron chi connectivity index (χ0n) is 13.3. The van der Waals surface area contributed by atoms with E-state index in [-0.39, 0.29) is 0 Å². The minimum absolute atomic E-state index is 0.670. The molecule has 5 heteroatoms. The van der Waals surface area contributed by atoms with Crippen molar-refractivity contribution in [2.45, 2.75) is 40.4 Å². The van der Waals surface area contributed by atoms with Crippen LogP contribution in [0.4, 0.5) is 0 Å². The van der Waals surface area contributed by atoms with Crippen molar-refractivity contribution < 1.29 is 4.42 Å². The summed E-state index contributed by atoms with van der Waals surface area (Å²) in [5, 5.41) is 6.67. The van der Waals surface area contributed by atoms with E-state index in [0.717, 1.165) is 42.6 Å². The fourth-order valence-electron chi connectivity index (χ4n) is 2.19. The molecular formula is C16H25N3OS. The molecule has 0 aliphatic carbocycles. The Morgan fingerprint density at radius 1 is 1.38 bits per heavy atom. The summed E-state index contributed by atoms with van der Waals surface area (Å²) >= 11 is 1.70. The molecule has 116 valence electrons. The third-order valence-electron chi connectivity index (χ3n) is 3.11. The van der Waals surface area contributed by atoms with Gasteiger partial charge in [-0.25, -0.2) is 4.98 Å². The molecule has 2 aromatic rings. The Hall–Kier alpha value is -1.17. The van der Waals surface area contributed by atoms with Gasteiger partial charge in [0.2, 0.25) is 0 Å². The molecule has 0 fully saturated rings. The second-order valence-corrected chi connectivity index (χ2v) is 7.04. The van der Waals surface area contributed by atoms with Gasteiger partial charge in [-0.1, -0.05) is 13.8 Å². The van der Waals surface area contributed by atoms with Crippen LogP contribution in [-0.4, -0.2) is 23.5 Å².